The van der Waals surface area contributed by atoms with Crippen LogP contribution < -0.4 is 5.73 Å². The van der Waals surface area contributed by atoms with Gasteiger partial charge >= 0.3 is 0 Å². The van der Waals surface area contributed by atoms with Crippen LogP contribution in [0.5, 0.6) is 0 Å². The van der Waals surface area contributed by atoms with Crippen LogP contribution >= 0.6 is 11.3 Å². The highest BCUT2D eigenvalue weighted by molar-refractivity contribution is 7.17. The molecular weight excluding hydrogens is 312 g/mol. The summed E-state index contributed by atoms with van der Waals surface area (Å²) in [6.07, 6.45) is 0.0980. The molecule has 0 bridgehead atoms. The van der Waals surface area contributed by atoms with Crippen molar-refractivity contribution >= 4 is 27.3 Å². The summed E-state index contributed by atoms with van der Waals surface area (Å²) in [5.74, 6) is 0.567. The standard InChI is InChI=1S/C16H18N4O2S/c1-2-10(21)8-20-16(18-15(19-20)7-14(17)22)12-9-23-13-6-4-3-5-11(12)13/h3-6,9-10,21H,2,7-8H2,1H3,(H2,17,22). The number of carbonyl (C=O) groups excluding carboxylic acids is 1. The van der Waals surface area contributed by atoms with Gasteiger partial charge in [0.1, 0.15) is 0 Å². The molecule has 2 aromatic heterocycles. The molecule has 0 aliphatic heterocycles. The second-order valence-corrected chi connectivity index (χ2v) is 6.30. The summed E-state index contributed by atoms with van der Waals surface area (Å²) < 4.78 is 2.82. The Labute approximate surface area is 137 Å². The highest BCUT2D eigenvalue weighted by Crippen LogP contribution is 2.33. The molecule has 2 heterocycles. The molecule has 1 amide bonds. The van der Waals surface area contributed by atoms with Crippen LogP contribution in [0.2, 0.25) is 0 Å². The van der Waals surface area contributed by atoms with Gasteiger partial charge in [-0.05, 0) is 12.5 Å². The van der Waals surface area contributed by atoms with Gasteiger partial charge in [0, 0.05) is 21.0 Å². The molecule has 1 aromatic carbocycles. The second kappa shape index (κ2) is 6.47. The van der Waals surface area contributed by atoms with E-state index in [9.17, 15) is 9.90 Å². The van der Waals surface area contributed by atoms with E-state index < -0.39 is 12.0 Å². The van der Waals surface area contributed by atoms with Crippen LogP contribution in [0, 0.1) is 0 Å². The van der Waals surface area contributed by atoms with Gasteiger partial charge in [0.05, 0.1) is 19.1 Å². The Kier molecular flexibility index (Phi) is 4.40. The van der Waals surface area contributed by atoms with Crippen molar-refractivity contribution in [2.75, 3.05) is 0 Å². The maximum absolute atomic E-state index is 11.2. The van der Waals surface area contributed by atoms with Gasteiger partial charge in [-0.2, -0.15) is 5.10 Å². The first-order chi connectivity index (χ1) is 11.1. The predicted octanol–water partition coefficient (Wildman–Crippen LogP) is 1.96. The summed E-state index contributed by atoms with van der Waals surface area (Å²) >= 11 is 1.63. The molecule has 3 N–H and O–H groups in total. The van der Waals surface area contributed by atoms with Crippen molar-refractivity contribution in [3.8, 4) is 11.4 Å². The number of amides is 1. The summed E-state index contributed by atoms with van der Waals surface area (Å²) in [4.78, 5) is 15.6. The smallest absolute Gasteiger partial charge is 0.225 e. The molecule has 0 spiro atoms. The number of hydrogen-bond acceptors (Lipinski definition) is 5. The Morgan fingerprint density at radius 1 is 1.43 bits per heavy atom. The van der Waals surface area contributed by atoms with Gasteiger partial charge in [0.2, 0.25) is 5.91 Å². The van der Waals surface area contributed by atoms with Crippen molar-refractivity contribution in [2.45, 2.75) is 32.4 Å². The molecule has 23 heavy (non-hydrogen) atoms. The molecule has 0 saturated heterocycles. The maximum Gasteiger partial charge on any atom is 0.225 e. The Morgan fingerprint density at radius 3 is 2.96 bits per heavy atom. The van der Waals surface area contributed by atoms with Gasteiger partial charge in [-0.3, -0.25) is 4.79 Å². The predicted molar refractivity (Wildman–Crippen MR) is 90.0 cm³/mol. The number of aliphatic hydroxyl groups excluding tert-OH is 1. The van der Waals surface area contributed by atoms with Gasteiger partial charge in [-0.15, -0.1) is 11.3 Å². The van der Waals surface area contributed by atoms with E-state index in [4.69, 9.17) is 5.73 Å². The lowest BCUT2D eigenvalue weighted by molar-refractivity contribution is -0.117. The number of aromatic nitrogens is 3. The normalized spacial score (nSPS) is 12.6. The number of fused-ring (bicyclic) bond motifs is 1. The lowest BCUT2D eigenvalue weighted by Crippen LogP contribution is -2.18. The fourth-order valence-electron chi connectivity index (χ4n) is 2.43. The Morgan fingerprint density at radius 2 is 2.22 bits per heavy atom. The zero-order valence-electron chi connectivity index (χ0n) is 12.8. The number of nitrogens with two attached hydrogens (primary N) is 1. The van der Waals surface area contributed by atoms with Crippen molar-refractivity contribution in [3.05, 3.63) is 35.5 Å². The number of aliphatic hydroxyl groups is 1. The van der Waals surface area contributed by atoms with Crippen LogP contribution in [0.1, 0.15) is 19.2 Å². The van der Waals surface area contributed by atoms with Crippen molar-refractivity contribution in [3.63, 3.8) is 0 Å². The quantitative estimate of drug-likeness (QED) is 0.722. The van der Waals surface area contributed by atoms with E-state index in [0.29, 0.717) is 24.6 Å². The minimum Gasteiger partial charge on any atom is -0.391 e. The monoisotopic (exact) mass is 330 g/mol. The van der Waals surface area contributed by atoms with Crippen molar-refractivity contribution in [1.29, 1.82) is 0 Å². The molecule has 0 aliphatic carbocycles. The van der Waals surface area contributed by atoms with Crippen LogP contribution in [0.4, 0.5) is 0 Å². The van der Waals surface area contributed by atoms with Crippen LogP contribution in [-0.4, -0.2) is 31.9 Å². The highest BCUT2D eigenvalue weighted by atomic mass is 32.1. The van der Waals surface area contributed by atoms with Crippen LogP contribution in [0.25, 0.3) is 21.5 Å². The molecular formula is C16H18N4O2S. The third-order valence-electron chi connectivity index (χ3n) is 3.62. The van der Waals surface area contributed by atoms with Crippen LogP contribution in [0.15, 0.2) is 29.6 Å². The minimum atomic E-state index is -0.512. The molecule has 1 unspecified atom stereocenters. The summed E-state index contributed by atoms with van der Waals surface area (Å²) in [7, 11) is 0. The summed E-state index contributed by atoms with van der Waals surface area (Å²) in [5, 5.41) is 17.4. The minimum absolute atomic E-state index is 0.00963. The lowest BCUT2D eigenvalue weighted by atomic mass is 10.1. The summed E-state index contributed by atoms with van der Waals surface area (Å²) in [6, 6.07) is 8.05. The average Bonchev–Trinajstić information content (AvgIpc) is 3.10. The number of carbonyl (C=O) groups is 1. The first kappa shape index (κ1) is 15.6. The van der Waals surface area contributed by atoms with E-state index in [1.54, 1.807) is 16.0 Å². The Hall–Kier alpha value is -2.25. The van der Waals surface area contributed by atoms with E-state index in [2.05, 4.69) is 16.1 Å². The first-order valence-corrected chi connectivity index (χ1v) is 8.33. The van der Waals surface area contributed by atoms with E-state index in [-0.39, 0.29) is 6.42 Å². The molecule has 0 fully saturated rings. The molecule has 1 atom stereocenters. The molecule has 120 valence electrons. The van der Waals surface area contributed by atoms with Gasteiger partial charge in [-0.25, -0.2) is 9.67 Å². The largest absolute Gasteiger partial charge is 0.391 e. The molecule has 0 radical (unpaired) electrons. The maximum atomic E-state index is 11.2. The number of hydrogen-bond donors (Lipinski definition) is 2. The number of benzene rings is 1. The van der Waals surface area contributed by atoms with Crippen molar-refractivity contribution in [1.82, 2.24) is 14.8 Å². The van der Waals surface area contributed by atoms with E-state index >= 15 is 0 Å². The molecule has 0 aliphatic rings. The van der Waals surface area contributed by atoms with E-state index in [0.717, 1.165) is 15.6 Å². The fraction of sp³-hybridized carbons (Fsp3) is 0.312. The van der Waals surface area contributed by atoms with E-state index in [1.165, 1.54) is 0 Å². The first-order valence-electron chi connectivity index (χ1n) is 7.45. The zero-order chi connectivity index (χ0) is 16.4. The van der Waals surface area contributed by atoms with Gasteiger partial charge < -0.3 is 10.8 Å². The second-order valence-electron chi connectivity index (χ2n) is 5.38. The molecule has 6 nitrogen and oxygen atoms in total. The number of nitrogens with zero attached hydrogens (tertiary/aromatic N) is 3. The third kappa shape index (κ3) is 3.25. The molecule has 3 aromatic rings. The van der Waals surface area contributed by atoms with Crippen LogP contribution in [-0.2, 0) is 17.8 Å². The number of primary amides is 1. The molecule has 3 rings (SSSR count). The number of rotatable bonds is 6. The van der Waals surface area contributed by atoms with Crippen LogP contribution in [0.3, 0.4) is 0 Å². The van der Waals surface area contributed by atoms with Gasteiger partial charge in [-0.1, -0.05) is 25.1 Å². The van der Waals surface area contributed by atoms with Crippen molar-refractivity contribution < 1.29 is 9.90 Å². The topological polar surface area (TPSA) is 94.0 Å². The highest BCUT2D eigenvalue weighted by Gasteiger charge is 2.18. The Balaban J connectivity index is 2.08. The average molecular weight is 330 g/mol. The SMILES string of the molecule is CCC(O)Cn1nc(CC(N)=O)nc1-c1csc2ccccc12. The third-order valence-corrected chi connectivity index (χ3v) is 4.59. The molecule has 7 heteroatoms. The molecule has 0 saturated carbocycles. The lowest BCUT2D eigenvalue weighted by Gasteiger charge is -2.09. The number of thiophene rings is 1. The Bertz CT molecular complexity index is 840. The van der Waals surface area contributed by atoms with Crippen molar-refractivity contribution in [2.24, 2.45) is 5.73 Å². The summed E-state index contributed by atoms with van der Waals surface area (Å²) in [6.45, 7) is 2.24. The zero-order valence-corrected chi connectivity index (χ0v) is 13.6. The van der Waals surface area contributed by atoms with Gasteiger partial charge in [0.15, 0.2) is 11.6 Å². The van der Waals surface area contributed by atoms with Gasteiger partial charge in [0.25, 0.3) is 0 Å². The summed E-state index contributed by atoms with van der Waals surface area (Å²) in [5.41, 5.74) is 6.20. The van der Waals surface area contributed by atoms with E-state index in [1.807, 2.05) is 30.5 Å². The fourth-order valence-corrected chi connectivity index (χ4v) is 3.37.